The van der Waals surface area contributed by atoms with E-state index in [-0.39, 0.29) is 16.5 Å². The number of benzene rings is 1. The summed E-state index contributed by atoms with van der Waals surface area (Å²) in [5.41, 5.74) is 5.62. The summed E-state index contributed by atoms with van der Waals surface area (Å²) in [6.45, 7) is 3.91. The van der Waals surface area contributed by atoms with Crippen molar-refractivity contribution in [2.45, 2.75) is 37.7 Å². The number of carbonyl (C=O) groups excluding carboxylic acids is 1. The quantitative estimate of drug-likeness (QED) is 0.850. The van der Waals surface area contributed by atoms with Gasteiger partial charge >= 0.3 is 0 Å². The van der Waals surface area contributed by atoms with Crippen LogP contribution in [0.2, 0.25) is 0 Å². The first-order valence-electron chi connectivity index (χ1n) is 7.62. The van der Waals surface area contributed by atoms with Crippen LogP contribution >= 0.6 is 11.8 Å². The molecule has 1 unspecified atom stereocenters. The average molecular weight is 357 g/mol. The number of methoxy groups -OCH3 is 1. The van der Waals surface area contributed by atoms with E-state index in [9.17, 15) is 13.6 Å². The minimum Gasteiger partial charge on any atom is -0.372 e. The van der Waals surface area contributed by atoms with Crippen molar-refractivity contribution in [3.05, 3.63) is 35.4 Å². The number of hydrogen-bond acceptors (Lipinski definition) is 5. The Kier molecular flexibility index (Phi) is 5.95. The minimum atomic E-state index is -0.725. The molecule has 132 valence electrons. The Hall–Kier alpha value is -1.51. The summed E-state index contributed by atoms with van der Waals surface area (Å²) in [5.74, 6) is -1.48. The van der Waals surface area contributed by atoms with Crippen LogP contribution in [-0.4, -0.2) is 40.6 Å². The van der Waals surface area contributed by atoms with Crippen LogP contribution < -0.4 is 5.73 Å². The second-order valence-corrected chi connectivity index (χ2v) is 7.20. The van der Waals surface area contributed by atoms with Crippen LogP contribution in [0.15, 0.2) is 23.3 Å². The molecule has 0 aromatic heterocycles. The number of rotatable bonds is 6. The summed E-state index contributed by atoms with van der Waals surface area (Å²) >= 11 is 1.23. The summed E-state index contributed by atoms with van der Waals surface area (Å²) in [7, 11) is 1.43. The molecule has 0 spiro atoms. The fourth-order valence-electron chi connectivity index (χ4n) is 2.38. The third-order valence-corrected chi connectivity index (χ3v) is 5.18. The van der Waals surface area contributed by atoms with Crippen molar-refractivity contribution in [3.63, 3.8) is 0 Å². The second kappa shape index (κ2) is 7.58. The maximum absolute atomic E-state index is 14.1. The lowest BCUT2D eigenvalue weighted by molar-refractivity contribution is -0.144. The molecule has 24 heavy (non-hydrogen) atoms. The van der Waals surface area contributed by atoms with Gasteiger partial charge in [-0.25, -0.2) is 13.8 Å². The molecule has 1 heterocycles. The zero-order chi connectivity index (χ0) is 17.9. The zero-order valence-corrected chi connectivity index (χ0v) is 14.7. The van der Waals surface area contributed by atoms with E-state index in [0.29, 0.717) is 19.4 Å². The molecule has 0 saturated carbocycles. The first kappa shape index (κ1) is 18.8. The van der Waals surface area contributed by atoms with Gasteiger partial charge in [-0.1, -0.05) is 11.8 Å². The summed E-state index contributed by atoms with van der Waals surface area (Å²) < 4.78 is 32.6. The van der Waals surface area contributed by atoms with E-state index in [2.05, 4.69) is 5.10 Å². The van der Waals surface area contributed by atoms with Crippen molar-refractivity contribution < 1.29 is 18.3 Å². The number of hydrazone groups is 1. The van der Waals surface area contributed by atoms with Crippen molar-refractivity contribution in [3.8, 4) is 0 Å². The maximum atomic E-state index is 14.1. The van der Waals surface area contributed by atoms with Gasteiger partial charge in [0.2, 0.25) is 0 Å². The smallest absolute Gasteiger partial charge is 0.272 e. The van der Waals surface area contributed by atoms with Crippen molar-refractivity contribution >= 4 is 22.7 Å². The topological polar surface area (TPSA) is 67.9 Å². The fourth-order valence-corrected chi connectivity index (χ4v) is 3.65. The highest BCUT2D eigenvalue weighted by atomic mass is 32.2. The third kappa shape index (κ3) is 3.76. The van der Waals surface area contributed by atoms with E-state index in [1.165, 1.54) is 23.9 Å². The number of nitrogens with zero attached hydrogens (tertiary/aromatic N) is 2. The molecule has 0 fully saturated rings. The molecule has 0 saturated heterocycles. The standard InChI is InChI=1S/C16H21F2N3O2S/c1-10(23-3)15(22)21-16(2,7-4-8-19)24-14(20-21)12-9-11(17)5-6-13(12)18/h5-6,9-10H,4,7-8,19H2,1-3H3/t10-,16?/m0/s1. The molecule has 2 rings (SSSR count). The normalized spacial score (nSPS) is 21.8. The number of halogens is 2. The van der Waals surface area contributed by atoms with E-state index in [1.54, 1.807) is 6.92 Å². The van der Waals surface area contributed by atoms with Gasteiger partial charge in [0.25, 0.3) is 5.91 Å². The van der Waals surface area contributed by atoms with E-state index >= 15 is 0 Å². The van der Waals surface area contributed by atoms with Gasteiger partial charge in [-0.05, 0) is 51.4 Å². The van der Waals surface area contributed by atoms with Crippen molar-refractivity contribution in [2.24, 2.45) is 10.8 Å². The van der Waals surface area contributed by atoms with Crippen LogP contribution in [0, 0.1) is 11.6 Å². The molecule has 0 aliphatic carbocycles. The minimum absolute atomic E-state index is 0.0411. The first-order valence-corrected chi connectivity index (χ1v) is 8.44. The first-order chi connectivity index (χ1) is 11.3. The number of nitrogens with two attached hydrogens (primary N) is 1. The molecule has 2 N–H and O–H groups in total. The number of ether oxygens (including phenoxy) is 1. The van der Waals surface area contributed by atoms with E-state index in [0.717, 1.165) is 18.2 Å². The molecular formula is C16H21F2N3O2S. The van der Waals surface area contributed by atoms with Crippen molar-refractivity contribution in [1.29, 1.82) is 0 Å². The highest BCUT2D eigenvalue weighted by Crippen LogP contribution is 2.43. The molecule has 8 heteroatoms. The average Bonchev–Trinajstić information content (AvgIpc) is 2.91. The molecule has 1 aromatic carbocycles. The molecule has 1 amide bonds. The summed E-state index contributed by atoms with van der Waals surface area (Å²) in [6, 6.07) is 3.17. The molecule has 5 nitrogen and oxygen atoms in total. The second-order valence-electron chi connectivity index (χ2n) is 5.73. The van der Waals surface area contributed by atoms with E-state index in [1.807, 2.05) is 6.92 Å². The Balaban J connectivity index is 2.40. The van der Waals surface area contributed by atoms with E-state index in [4.69, 9.17) is 10.5 Å². The zero-order valence-electron chi connectivity index (χ0n) is 13.9. The van der Waals surface area contributed by atoms with Crippen molar-refractivity contribution in [2.75, 3.05) is 13.7 Å². The summed E-state index contributed by atoms with van der Waals surface area (Å²) in [6.07, 6.45) is 0.548. The van der Waals surface area contributed by atoms with Gasteiger partial charge in [0.05, 0.1) is 0 Å². The predicted octanol–water partition coefficient (Wildman–Crippen LogP) is 2.69. The molecular weight excluding hydrogens is 336 g/mol. The number of carbonyl (C=O) groups is 1. The van der Waals surface area contributed by atoms with Gasteiger partial charge < -0.3 is 10.5 Å². The third-order valence-electron chi connectivity index (χ3n) is 3.87. The van der Waals surface area contributed by atoms with Crippen LogP contribution in [0.5, 0.6) is 0 Å². The molecule has 0 bridgehead atoms. The Morgan fingerprint density at radius 1 is 1.50 bits per heavy atom. The largest absolute Gasteiger partial charge is 0.372 e. The Bertz CT molecular complexity index is 656. The summed E-state index contributed by atoms with van der Waals surface area (Å²) in [5, 5.41) is 5.84. The lowest BCUT2D eigenvalue weighted by atomic mass is 10.1. The lowest BCUT2D eigenvalue weighted by Crippen LogP contribution is -2.45. The van der Waals surface area contributed by atoms with Gasteiger partial charge in [-0.3, -0.25) is 4.79 Å². The SMILES string of the molecule is CO[C@@H](C)C(=O)N1N=C(c2cc(F)ccc2F)SC1(C)CCCN. The highest BCUT2D eigenvalue weighted by Gasteiger charge is 2.44. The lowest BCUT2D eigenvalue weighted by Gasteiger charge is -2.32. The van der Waals surface area contributed by atoms with Crippen LogP contribution in [0.1, 0.15) is 32.3 Å². The van der Waals surface area contributed by atoms with Crippen LogP contribution in [0.25, 0.3) is 0 Å². The van der Waals surface area contributed by atoms with Gasteiger partial charge in [0.15, 0.2) is 0 Å². The molecule has 1 aliphatic heterocycles. The number of amides is 1. The molecule has 0 radical (unpaired) electrons. The Morgan fingerprint density at radius 2 is 2.21 bits per heavy atom. The van der Waals surface area contributed by atoms with Gasteiger partial charge in [0.1, 0.15) is 27.7 Å². The van der Waals surface area contributed by atoms with Crippen LogP contribution in [0.3, 0.4) is 0 Å². The van der Waals surface area contributed by atoms with Crippen LogP contribution in [-0.2, 0) is 9.53 Å². The predicted molar refractivity (Wildman–Crippen MR) is 90.5 cm³/mol. The fraction of sp³-hybridized carbons (Fsp3) is 0.500. The maximum Gasteiger partial charge on any atom is 0.272 e. The molecule has 1 aliphatic rings. The molecule has 2 atom stereocenters. The van der Waals surface area contributed by atoms with Crippen molar-refractivity contribution in [1.82, 2.24) is 5.01 Å². The summed E-state index contributed by atoms with van der Waals surface area (Å²) in [4.78, 5) is 11.8. The molecule has 1 aromatic rings. The number of thioether (sulfide) groups is 1. The Labute approximate surface area is 144 Å². The van der Waals surface area contributed by atoms with Gasteiger partial charge in [0, 0.05) is 12.7 Å². The van der Waals surface area contributed by atoms with Crippen LogP contribution in [0.4, 0.5) is 8.78 Å². The van der Waals surface area contributed by atoms with E-state index < -0.39 is 22.6 Å². The van der Waals surface area contributed by atoms with Gasteiger partial charge in [-0.2, -0.15) is 5.10 Å². The van der Waals surface area contributed by atoms with Gasteiger partial charge in [-0.15, -0.1) is 0 Å². The number of hydrogen-bond donors (Lipinski definition) is 1. The monoisotopic (exact) mass is 357 g/mol. The highest BCUT2D eigenvalue weighted by molar-refractivity contribution is 8.15. The Morgan fingerprint density at radius 3 is 2.83 bits per heavy atom.